The second kappa shape index (κ2) is 6.84. The lowest BCUT2D eigenvalue weighted by atomic mass is 10.1. The molecule has 0 radical (unpaired) electrons. The van der Waals surface area contributed by atoms with Gasteiger partial charge in [-0.2, -0.15) is 4.31 Å². The van der Waals surface area contributed by atoms with Crippen molar-refractivity contribution in [2.45, 2.75) is 36.6 Å². The predicted molar refractivity (Wildman–Crippen MR) is 83.3 cm³/mol. The molecule has 1 fully saturated rings. The molecule has 0 bridgehead atoms. The van der Waals surface area contributed by atoms with E-state index in [-0.39, 0.29) is 16.0 Å². The van der Waals surface area contributed by atoms with Crippen LogP contribution in [0.4, 0.5) is 0 Å². The van der Waals surface area contributed by atoms with Gasteiger partial charge in [-0.15, -0.1) is 11.6 Å². The van der Waals surface area contributed by atoms with E-state index in [2.05, 4.69) is 0 Å². The highest BCUT2D eigenvalue weighted by Gasteiger charge is 2.32. The van der Waals surface area contributed by atoms with Gasteiger partial charge in [0.25, 0.3) is 0 Å². The Balaban J connectivity index is 2.38. The van der Waals surface area contributed by atoms with E-state index in [0.717, 1.165) is 25.7 Å². The van der Waals surface area contributed by atoms with Crippen LogP contribution in [0.15, 0.2) is 23.1 Å². The summed E-state index contributed by atoms with van der Waals surface area (Å²) in [5, 5.41) is 0.584. The summed E-state index contributed by atoms with van der Waals surface area (Å²) in [6.45, 7) is 0.500. The minimum absolute atomic E-state index is 0.154. The second-order valence-corrected chi connectivity index (χ2v) is 7.86. The summed E-state index contributed by atoms with van der Waals surface area (Å²) in [7, 11) is -3.58. The smallest absolute Gasteiger partial charge is 0.207 e. The monoisotopic (exact) mass is 355 g/mol. The molecule has 0 N–H and O–H groups in total. The lowest BCUT2D eigenvalue weighted by Gasteiger charge is -2.27. The molecule has 1 aliphatic heterocycles. The minimum Gasteiger partial charge on any atom is -0.207 e. The summed E-state index contributed by atoms with van der Waals surface area (Å²) in [6, 6.07) is 4.23. The maximum absolute atomic E-state index is 12.7. The van der Waals surface area contributed by atoms with Crippen LogP contribution in [0.25, 0.3) is 0 Å². The third-order valence-electron chi connectivity index (χ3n) is 3.50. The molecule has 3 nitrogen and oxygen atoms in total. The van der Waals surface area contributed by atoms with Crippen LogP contribution in [0.3, 0.4) is 0 Å². The summed E-state index contributed by atoms with van der Waals surface area (Å²) in [5.41, 5.74) is 0. The van der Waals surface area contributed by atoms with E-state index >= 15 is 0 Å². The van der Waals surface area contributed by atoms with Gasteiger partial charge in [-0.1, -0.05) is 36.0 Å². The van der Waals surface area contributed by atoms with Crippen LogP contribution in [0.1, 0.15) is 25.7 Å². The van der Waals surface area contributed by atoms with Crippen LogP contribution < -0.4 is 0 Å². The van der Waals surface area contributed by atoms with Crippen molar-refractivity contribution >= 4 is 44.8 Å². The highest BCUT2D eigenvalue weighted by molar-refractivity contribution is 7.89. The Morgan fingerprint density at radius 3 is 2.55 bits per heavy atom. The molecule has 0 aliphatic carbocycles. The van der Waals surface area contributed by atoms with Crippen LogP contribution in [-0.4, -0.2) is 31.2 Å². The van der Waals surface area contributed by atoms with Gasteiger partial charge >= 0.3 is 0 Å². The van der Waals surface area contributed by atoms with Gasteiger partial charge in [-0.3, -0.25) is 0 Å². The number of hydrogen-bond donors (Lipinski definition) is 0. The predicted octanol–water partition coefficient (Wildman–Crippen LogP) is 4.17. The van der Waals surface area contributed by atoms with Crippen molar-refractivity contribution < 1.29 is 8.42 Å². The minimum atomic E-state index is -3.58. The Morgan fingerprint density at radius 1 is 1.15 bits per heavy atom. The number of benzene rings is 1. The first-order valence-electron chi connectivity index (χ1n) is 6.49. The number of sulfonamides is 1. The molecule has 0 saturated carbocycles. The molecule has 2 rings (SSSR count). The fourth-order valence-electron chi connectivity index (χ4n) is 2.39. The molecule has 0 aromatic heterocycles. The first-order chi connectivity index (χ1) is 9.46. The molecule has 20 heavy (non-hydrogen) atoms. The molecule has 1 saturated heterocycles. The van der Waals surface area contributed by atoms with E-state index in [0.29, 0.717) is 17.4 Å². The Labute approximate surface area is 134 Å². The van der Waals surface area contributed by atoms with Crippen LogP contribution in [-0.2, 0) is 10.0 Å². The quantitative estimate of drug-likeness (QED) is 0.762. The summed E-state index contributed by atoms with van der Waals surface area (Å²) in [4.78, 5) is 0.170. The van der Waals surface area contributed by atoms with Crippen LogP contribution in [0.2, 0.25) is 10.0 Å². The average molecular weight is 357 g/mol. The zero-order valence-electron chi connectivity index (χ0n) is 10.9. The molecular formula is C13H16Cl3NO2S. The van der Waals surface area contributed by atoms with Gasteiger partial charge < -0.3 is 0 Å². The molecule has 1 aromatic carbocycles. The highest BCUT2D eigenvalue weighted by atomic mass is 35.5. The zero-order chi connectivity index (χ0) is 14.8. The summed E-state index contributed by atoms with van der Waals surface area (Å²) >= 11 is 17.7. The van der Waals surface area contributed by atoms with Gasteiger partial charge in [0.15, 0.2) is 0 Å². The first kappa shape index (κ1) is 16.4. The summed E-state index contributed by atoms with van der Waals surface area (Å²) in [5.74, 6) is 0.306. The highest BCUT2D eigenvalue weighted by Crippen LogP contribution is 2.29. The molecule has 1 heterocycles. The van der Waals surface area contributed by atoms with Crippen molar-refractivity contribution in [3.05, 3.63) is 28.2 Å². The Hall–Kier alpha value is -0.000000000000000111. The number of hydrogen-bond acceptors (Lipinski definition) is 2. The van der Waals surface area contributed by atoms with E-state index in [4.69, 9.17) is 34.8 Å². The van der Waals surface area contributed by atoms with Crippen molar-refractivity contribution in [1.29, 1.82) is 0 Å². The van der Waals surface area contributed by atoms with Crippen LogP contribution >= 0.6 is 34.8 Å². The normalized spacial score (nSPS) is 21.6. The lowest BCUT2D eigenvalue weighted by Crippen LogP contribution is -2.41. The molecule has 7 heteroatoms. The third-order valence-corrected chi connectivity index (χ3v) is 6.54. The van der Waals surface area contributed by atoms with E-state index in [9.17, 15) is 8.42 Å². The van der Waals surface area contributed by atoms with Gasteiger partial charge in [-0.25, -0.2) is 8.42 Å². The number of halogens is 3. The Bertz CT molecular complexity index is 577. The first-order valence-corrected chi connectivity index (χ1v) is 9.22. The second-order valence-electron chi connectivity index (χ2n) is 4.85. The molecule has 0 amide bonds. The fraction of sp³-hybridized carbons (Fsp3) is 0.538. The van der Waals surface area contributed by atoms with E-state index in [1.54, 1.807) is 0 Å². The van der Waals surface area contributed by atoms with Gasteiger partial charge in [-0.05, 0) is 31.0 Å². The van der Waals surface area contributed by atoms with Crippen molar-refractivity contribution in [2.75, 3.05) is 12.4 Å². The molecule has 0 spiro atoms. The van der Waals surface area contributed by atoms with Crippen molar-refractivity contribution in [2.24, 2.45) is 0 Å². The Morgan fingerprint density at radius 2 is 1.90 bits per heavy atom. The maximum Gasteiger partial charge on any atom is 0.243 e. The molecule has 1 aliphatic rings. The Kier molecular flexibility index (Phi) is 5.60. The molecule has 112 valence electrons. The molecular weight excluding hydrogens is 341 g/mol. The molecule has 1 atom stereocenters. The standard InChI is InChI=1S/C13H16Cl3NO2S/c14-9-10-4-2-1-3-7-17(10)20(18,19)11-5-6-12(15)13(16)8-11/h5-6,8,10H,1-4,7,9H2. The largest absolute Gasteiger partial charge is 0.243 e. The van der Waals surface area contributed by atoms with E-state index in [1.807, 2.05) is 0 Å². The van der Waals surface area contributed by atoms with Gasteiger partial charge in [0, 0.05) is 18.5 Å². The number of rotatable bonds is 3. The zero-order valence-corrected chi connectivity index (χ0v) is 13.9. The number of alkyl halides is 1. The van der Waals surface area contributed by atoms with Crippen LogP contribution in [0, 0.1) is 0 Å². The van der Waals surface area contributed by atoms with E-state index in [1.165, 1.54) is 22.5 Å². The summed E-state index contributed by atoms with van der Waals surface area (Å²) in [6.07, 6.45) is 3.68. The number of nitrogens with zero attached hydrogens (tertiary/aromatic N) is 1. The molecule has 1 aromatic rings. The topological polar surface area (TPSA) is 37.4 Å². The van der Waals surface area contributed by atoms with Crippen LogP contribution in [0.5, 0.6) is 0 Å². The van der Waals surface area contributed by atoms with Gasteiger partial charge in [0.05, 0.1) is 14.9 Å². The van der Waals surface area contributed by atoms with Crippen molar-refractivity contribution in [3.8, 4) is 0 Å². The molecule has 1 unspecified atom stereocenters. The van der Waals surface area contributed by atoms with Gasteiger partial charge in [0.1, 0.15) is 0 Å². The SMILES string of the molecule is O=S(=O)(c1ccc(Cl)c(Cl)c1)N1CCCCCC1CCl. The van der Waals surface area contributed by atoms with Crippen molar-refractivity contribution in [3.63, 3.8) is 0 Å². The third kappa shape index (κ3) is 3.42. The summed E-state index contributed by atoms with van der Waals surface area (Å²) < 4.78 is 27.0. The lowest BCUT2D eigenvalue weighted by molar-refractivity contribution is 0.345. The average Bonchev–Trinajstić information content (AvgIpc) is 2.67. The van der Waals surface area contributed by atoms with Gasteiger partial charge in [0.2, 0.25) is 10.0 Å². The maximum atomic E-state index is 12.7. The van der Waals surface area contributed by atoms with Crippen molar-refractivity contribution in [1.82, 2.24) is 4.31 Å². The van der Waals surface area contributed by atoms with E-state index < -0.39 is 10.0 Å². The fourth-order valence-corrected chi connectivity index (χ4v) is 4.88.